The molecule has 86 valence electrons. The summed E-state index contributed by atoms with van der Waals surface area (Å²) in [6.07, 6.45) is -4.42. The maximum atomic E-state index is 12.7. The molecule has 2 rings (SSSR count). The molecule has 0 radical (unpaired) electrons. The van der Waals surface area contributed by atoms with E-state index in [1.807, 2.05) is 0 Å². The first-order chi connectivity index (χ1) is 7.45. The Morgan fingerprint density at radius 1 is 1.31 bits per heavy atom. The normalized spacial score (nSPS) is 12.3. The number of aryl methyl sites for hydroxylation is 1. The molecule has 0 bridgehead atoms. The first-order valence-electron chi connectivity index (χ1n) is 4.64. The number of benzene rings is 1. The van der Waals surface area contributed by atoms with Gasteiger partial charge in [0.1, 0.15) is 18.0 Å². The zero-order chi connectivity index (χ0) is 11.9. The average molecular weight is 230 g/mol. The molecule has 2 nitrogen and oxygen atoms in total. The molecule has 1 heterocycles. The van der Waals surface area contributed by atoms with Crippen LogP contribution in [0.1, 0.15) is 16.9 Å². The molecule has 5 heteroatoms. The van der Waals surface area contributed by atoms with Crippen molar-refractivity contribution in [1.29, 1.82) is 0 Å². The summed E-state index contributed by atoms with van der Waals surface area (Å²) < 4.78 is 43.3. The zero-order valence-corrected chi connectivity index (χ0v) is 8.43. The van der Waals surface area contributed by atoms with Crippen LogP contribution < -0.4 is 0 Å². The van der Waals surface area contributed by atoms with Crippen LogP contribution in [-0.2, 0) is 12.8 Å². The Morgan fingerprint density at radius 2 is 2.00 bits per heavy atom. The smallest absolute Gasteiger partial charge is 0.417 e. The molecule has 2 aromatic rings. The lowest BCUT2D eigenvalue weighted by Crippen LogP contribution is -2.05. The van der Waals surface area contributed by atoms with Crippen molar-refractivity contribution in [2.24, 2.45) is 0 Å². The van der Waals surface area contributed by atoms with Crippen LogP contribution in [0.2, 0.25) is 0 Å². The van der Waals surface area contributed by atoms with E-state index in [9.17, 15) is 13.2 Å². The van der Waals surface area contributed by atoms with E-state index < -0.39 is 18.3 Å². The molecule has 1 N–H and O–H groups in total. The summed E-state index contributed by atoms with van der Waals surface area (Å²) in [6, 6.07) is 3.75. The van der Waals surface area contributed by atoms with Gasteiger partial charge < -0.3 is 9.52 Å². The van der Waals surface area contributed by atoms with Crippen molar-refractivity contribution >= 4 is 11.0 Å². The quantitative estimate of drug-likeness (QED) is 0.815. The number of furan rings is 1. The highest BCUT2D eigenvalue weighted by atomic mass is 19.4. The fourth-order valence-electron chi connectivity index (χ4n) is 1.74. The summed E-state index contributed by atoms with van der Waals surface area (Å²) in [5.74, 6) is 0.173. The minimum Gasteiger partial charge on any atom is -0.458 e. The van der Waals surface area contributed by atoms with Gasteiger partial charge in [0.2, 0.25) is 0 Å². The van der Waals surface area contributed by atoms with Crippen LogP contribution in [0.5, 0.6) is 0 Å². The zero-order valence-electron chi connectivity index (χ0n) is 8.43. The Labute approximate surface area is 89.3 Å². The van der Waals surface area contributed by atoms with E-state index >= 15 is 0 Å². The highest BCUT2D eigenvalue weighted by Gasteiger charge is 2.34. The Hall–Kier alpha value is -1.49. The number of hydrogen-bond acceptors (Lipinski definition) is 2. The molecule has 0 atom stereocenters. The molecule has 0 aliphatic rings. The Kier molecular flexibility index (Phi) is 2.42. The van der Waals surface area contributed by atoms with E-state index in [1.165, 1.54) is 19.1 Å². The summed E-state index contributed by atoms with van der Waals surface area (Å²) in [7, 11) is 0. The molecular formula is C11H9F3O2. The van der Waals surface area contributed by atoms with Gasteiger partial charge in [-0.3, -0.25) is 0 Å². The molecule has 0 aliphatic carbocycles. The topological polar surface area (TPSA) is 33.4 Å². The number of hydrogen-bond donors (Lipinski definition) is 1. The highest BCUT2D eigenvalue weighted by Crippen LogP contribution is 2.38. The second-order valence-corrected chi connectivity index (χ2v) is 3.48. The average Bonchev–Trinajstić information content (AvgIpc) is 2.54. The number of aliphatic hydroxyl groups excluding tert-OH is 1. The van der Waals surface area contributed by atoms with Gasteiger partial charge in [0.15, 0.2) is 0 Å². The molecule has 0 saturated heterocycles. The Balaban J connectivity index is 2.81. The molecule has 1 aromatic heterocycles. The lowest BCUT2D eigenvalue weighted by molar-refractivity contribution is -0.136. The summed E-state index contributed by atoms with van der Waals surface area (Å²) in [5.41, 5.74) is -0.243. The van der Waals surface area contributed by atoms with Crippen LogP contribution in [0, 0.1) is 6.92 Å². The summed E-state index contributed by atoms with van der Waals surface area (Å²) in [4.78, 5) is 0. The molecule has 0 fully saturated rings. The van der Waals surface area contributed by atoms with Gasteiger partial charge in [-0.05, 0) is 19.1 Å². The van der Waals surface area contributed by atoms with Gasteiger partial charge in [-0.15, -0.1) is 0 Å². The number of alkyl halides is 3. The van der Waals surface area contributed by atoms with E-state index in [4.69, 9.17) is 9.52 Å². The lowest BCUT2D eigenvalue weighted by Gasteiger charge is -2.07. The Bertz CT molecular complexity index is 526. The molecular weight excluding hydrogens is 221 g/mol. The summed E-state index contributed by atoms with van der Waals surface area (Å²) in [5, 5.41) is 8.97. The van der Waals surface area contributed by atoms with Crippen molar-refractivity contribution < 1.29 is 22.7 Å². The SMILES string of the molecule is Cc1c(CO)oc2cccc(C(F)(F)F)c12. The molecule has 0 unspecified atom stereocenters. The lowest BCUT2D eigenvalue weighted by atomic mass is 10.1. The van der Waals surface area contributed by atoms with Gasteiger partial charge in [-0.25, -0.2) is 0 Å². The van der Waals surface area contributed by atoms with E-state index in [0.717, 1.165) is 6.07 Å². The van der Waals surface area contributed by atoms with Crippen molar-refractivity contribution in [3.8, 4) is 0 Å². The van der Waals surface area contributed by atoms with Gasteiger partial charge in [0, 0.05) is 10.9 Å². The summed E-state index contributed by atoms with van der Waals surface area (Å²) in [6.45, 7) is 1.10. The first-order valence-corrected chi connectivity index (χ1v) is 4.64. The minimum absolute atomic E-state index is 0.0269. The first kappa shape index (κ1) is 11.0. The fraction of sp³-hybridized carbons (Fsp3) is 0.273. The van der Waals surface area contributed by atoms with Crippen molar-refractivity contribution in [2.45, 2.75) is 19.7 Å². The minimum atomic E-state index is -4.42. The monoisotopic (exact) mass is 230 g/mol. The molecule has 0 aliphatic heterocycles. The molecule has 16 heavy (non-hydrogen) atoms. The predicted octanol–water partition coefficient (Wildman–Crippen LogP) is 3.25. The Morgan fingerprint density at radius 3 is 2.56 bits per heavy atom. The maximum absolute atomic E-state index is 12.7. The van der Waals surface area contributed by atoms with Crippen molar-refractivity contribution in [2.75, 3.05) is 0 Å². The highest BCUT2D eigenvalue weighted by molar-refractivity contribution is 5.86. The summed E-state index contributed by atoms with van der Waals surface area (Å²) >= 11 is 0. The van der Waals surface area contributed by atoms with Crippen LogP contribution >= 0.6 is 0 Å². The van der Waals surface area contributed by atoms with Gasteiger partial charge >= 0.3 is 6.18 Å². The number of aliphatic hydroxyl groups is 1. The third kappa shape index (κ3) is 1.57. The third-order valence-electron chi connectivity index (χ3n) is 2.50. The number of rotatable bonds is 1. The third-order valence-corrected chi connectivity index (χ3v) is 2.50. The molecule has 1 aromatic carbocycles. The van der Waals surface area contributed by atoms with Crippen LogP contribution in [0.25, 0.3) is 11.0 Å². The molecule has 0 spiro atoms. The van der Waals surface area contributed by atoms with Crippen LogP contribution in [0.3, 0.4) is 0 Å². The van der Waals surface area contributed by atoms with Gasteiger partial charge in [0.05, 0.1) is 5.56 Å². The van der Waals surface area contributed by atoms with E-state index in [2.05, 4.69) is 0 Å². The van der Waals surface area contributed by atoms with Crippen LogP contribution in [0.15, 0.2) is 22.6 Å². The second kappa shape index (κ2) is 3.52. The van der Waals surface area contributed by atoms with E-state index in [1.54, 1.807) is 0 Å². The standard InChI is InChI=1S/C11H9F3O2/c1-6-9(5-15)16-8-4-2-3-7(10(6)8)11(12,13)14/h2-4,15H,5H2,1H3. The van der Waals surface area contributed by atoms with E-state index in [0.29, 0.717) is 5.56 Å². The van der Waals surface area contributed by atoms with Crippen molar-refractivity contribution in [3.63, 3.8) is 0 Å². The molecule has 0 amide bonds. The number of halogens is 3. The van der Waals surface area contributed by atoms with Crippen molar-refractivity contribution in [3.05, 3.63) is 35.1 Å². The fourth-order valence-corrected chi connectivity index (χ4v) is 1.74. The predicted molar refractivity (Wildman–Crippen MR) is 51.9 cm³/mol. The van der Waals surface area contributed by atoms with Crippen LogP contribution in [-0.4, -0.2) is 5.11 Å². The molecule has 0 saturated carbocycles. The largest absolute Gasteiger partial charge is 0.458 e. The number of fused-ring (bicyclic) bond motifs is 1. The van der Waals surface area contributed by atoms with Gasteiger partial charge in [-0.2, -0.15) is 13.2 Å². The van der Waals surface area contributed by atoms with Gasteiger partial charge in [-0.1, -0.05) is 6.07 Å². The van der Waals surface area contributed by atoms with E-state index in [-0.39, 0.29) is 16.7 Å². The van der Waals surface area contributed by atoms with Crippen molar-refractivity contribution in [1.82, 2.24) is 0 Å². The van der Waals surface area contributed by atoms with Gasteiger partial charge in [0.25, 0.3) is 0 Å². The van der Waals surface area contributed by atoms with Crippen LogP contribution in [0.4, 0.5) is 13.2 Å². The second-order valence-electron chi connectivity index (χ2n) is 3.48. The maximum Gasteiger partial charge on any atom is 0.417 e.